The van der Waals surface area contributed by atoms with Crippen molar-refractivity contribution in [2.75, 3.05) is 20.8 Å². The van der Waals surface area contributed by atoms with E-state index in [9.17, 15) is 8.78 Å². The van der Waals surface area contributed by atoms with Crippen molar-refractivity contribution < 1.29 is 23.0 Å². The summed E-state index contributed by atoms with van der Waals surface area (Å²) in [5.74, 6) is 1.21. The number of alkyl halides is 2. The topological polar surface area (TPSA) is 64.1 Å². The molecular weight excluding hydrogens is 507 g/mol. The lowest BCUT2D eigenvalue weighted by molar-refractivity contribution is -0.0504. The van der Waals surface area contributed by atoms with Crippen LogP contribution in [0.3, 0.4) is 0 Å². The fourth-order valence-electron chi connectivity index (χ4n) is 2.71. The van der Waals surface area contributed by atoms with Crippen molar-refractivity contribution in [3.05, 3.63) is 59.2 Å². The van der Waals surface area contributed by atoms with Crippen molar-refractivity contribution in [2.45, 2.75) is 33.2 Å². The zero-order valence-corrected chi connectivity index (χ0v) is 19.6. The van der Waals surface area contributed by atoms with Crippen molar-refractivity contribution in [3.8, 4) is 11.5 Å². The zero-order valence-electron chi connectivity index (χ0n) is 17.3. The van der Waals surface area contributed by atoms with Crippen molar-refractivity contribution in [2.24, 2.45) is 4.99 Å². The molecule has 0 aromatic heterocycles. The van der Waals surface area contributed by atoms with Crippen LogP contribution in [0.5, 0.6) is 11.5 Å². The van der Waals surface area contributed by atoms with Gasteiger partial charge in [-0.05, 0) is 36.2 Å². The Kier molecular flexibility index (Phi) is 12.1. The van der Waals surface area contributed by atoms with Crippen LogP contribution in [0.4, 0.5) is 8.78 Å². The maximum absolute atomic E-state index is 12.7. The van der Waals surface area contributed by atoms with Crippen LogP contribution in [-0.2, 0) is 24.4 Å². The number of hydrogen-bond donors (Lipinski definition) is 2. The minimum Gasteiger partial charge on any atom is -0.497 e. The third kappa shape index (κ3) is 8.70. The maximum atomic E-state index is 12.7. The molecule has 0 saturated carbocycles. The van der Waals surface area contributed by atoms with Gasteiger partial charge in [0, 0.05) is 25.8 Å². The quantitative estimate of drug-likeness (QED) is 0.270. The minimum atomic E-state index is -2.90. The number of rotatable bonds is 10. The molecule has 0 unspecified atom stereocenters. The molecule has 0 spiro atoms. The number of hydrogen-bond acceptors (Lipinski definition) is 4. The van der Waals surface area contributed by atoms with E-state index in [0.29, 0.717) is 37.0 Å². The van der Waals surface area contributed by atoms with E-state index in [-0.39, 0.29) is 36.3 Å². The maximum Gasteiger partial charge on any atom is 0.387 e. The molecule has 2 rings (SSSR count). The molecule has 9 heteroatoms. The molecule has 0 aliphatic heterocycles. The summed E-state index contributed by atoms with van der Waals surface area (Å²) in [7, 11) is 3.17. The number of nitrogens with zero attached hydrogens (tertiary/aromatic N) is 1. The van der Waals surface area contributed by atoms with E-state index in [1.807, 2.05) is 31.2 Å². The van der Waals surface area contributed by atoms with E-state index >= 15 is 0 Å². The average molecular weight is 535 g/mol. The van der Waals surface area contributed by atoms with Gasteiger partial charge in [-0.15, -0.1) is 24.0 Å². The van der Waals surface area contributed by atoms with Gasteiger partial charge in [-0.25, -0.2) is 4.99 Å². The van der Waals surface area contributed by atoms with Gasteiger partial charge in [0.2, 0.25) is 0 Å². The predicted molar refractivity (Wildman–Crippen MR) is 124 cm³/mol. The lowest BCUT2D eigenvalue weighted by atomic mass is 10.1. The third-order valence-electron chi connectivity index (χ3n) is 4.00. The summed E-state index contributed by atoms with van der Waals surface area (Å²) in [5.41, 5.74) is 2.65. The van der Waals surface area contributed by atoms with Gasteiger partial charge >= 0.3 is 6.61 Å². The summed E-state index contributed by atoms with van der Waals surface area (Å²) in [6.45, 7) is 0.962. The Hall–Kier alpha value is -2.14. The number of guanidine groups is 1. The largest absolute Gasteiger partial charge is 0.497 e. The first-order chi connectivity index (χ1) is 14.0. The van der Waals surface area contributed by atoms with E-state index in [0.717, 1.165) is 11.1 Å². The molecule has 0 saturated heterocycles. The standard InChI is InChI=1S/C21H27F2N3O3.HI/c1-4-24-21(25-12-15-6-5-7-16(10-15)14-27-2)26-13-17-11-18(28-3)8-9-19(17)29-20(22)23;/h5-11,20H,4,12-14H2,1-3H3,(H2,24,25,26);1H. The second kappa shape index (κ2) is 14.0. The van der Waals surface area contributed by atoms with Crippen LogP contribution in [0.2, 0.25) is 0 Å². The predicted octanol–water partition coefficient (Wildman–Crippen LogP) is 4.32. The lowest BCUT2D eigenvalue weighted by Gasteiger charge is -2.15. The average Bonchev–Trinajstić information content (AvgIpc) is 2.71. The molecular formula is C21H28F2IN3O3. The van der Waals surface area contributed by atoms with Gasteiger partial charge in [0.05, 0.1) is 20.3 Å². The highest BCUT2D eigenvalue weighted by Gasteiger charge is 2.11. The highest BCUT2D eigenvalue weighted by molar-refractivity contribution is 14.0. The highest BCUT2D eigenvalue weighted by atomic mass is 127. The van der Waals surface area contributed by atoms with E-state index in [2.05, 4.69) is 20.4 Å². The summed E-state index contributed by atoms with van der Waals surface area (Å²) in [6.07, 6.45) is 0. The van der Waals surface area contributed by atoms with Gasteiger partial charge in [-0.3, -0.25) is 0 Å². The molecule has 166 valence electrons. The van der Waals surface area contributed by atoms with Crippen LogP contribution >= 0.6 is 24.0 Å². The van der Waals surface area contributed by atoms with Crippen LogP contribution < -0.4 is 20.1 Å². The molecule has 0 atom stereocenters. The summed E-state index contributed by atoms with van der Waals surface area (Å²) < 4.78 is 40.3. The molecule has 0 bridgehead atoms. The number of nitrogens with one attached hydrogen (secondary N) is 2. The smallest absolute Gasteiger partial charge is 0.387 e. The number of halogens is 3. The van der Waals surface area contributed by atoms with Gasteiger partial charge in [0.1, 0.15) is 11.5 Å². The van der Waals surface area contributed by atoms with E-state index in [1.54, 1.807) is 19.2 Å². The van der Waals surface area contributed by atoms with Gasteiger partial charge in [-0.2, -0.15) is 8.78 Å². The molecule has 0 heterocycles. The van der Waals surface area contributed by atoms with E-state index < -0.39 is 6.61 Å². The molecule has 0 radical (unpaired) electrons. The van der Waals surface area contributed by atoms with E-state index in [1.165, 1.54) is 13.2 Å². The molecule has 0 aliphatic rings. The van der Waals surface area contributed by atoms with Crippen molar-refractivity contribution in [1.82, 2.24) is 10.6 Å². The molecule has 0 amide bonds. The summed E-state index contributed by atoms with van der Waals surface area (Å²) in [6, 6.07) is 12.7. The van der Waals surface area contributed by atoms with Crippen LogP contribution in [0.1, 0.15) is 23.6 Å². The first kappa shape index (κ1) is 25.9. The molecule has 2 aromatic rings. The number of methoxy groups -OCH3 is 2. The molecule has 2 aromatic carbocycles. The molecule has 0 fully saturated rings. The number of benzene rings is 2. The third-order valence-corrected chi connectivity index (χ3v) is 4.00. The Morgan fingerprint density at radius 2 is 1.83 bits per heavy atom. The number of aliphatic imine (C=N–C) groups is 1. The Morgan fingerprint density at radius 1 is 1.07 bits per heavy atom. The zero-order chi connectivity index (χ0) is 21.1. The van der Waals surface area contributed by atoms with Crippen LogP contribution in [0.15, 0.2) is 47.5 Å². The van der Waals surface area contributed by atoms with Crippen LogP contribution in [0.25, 0.3) is 0 Å². The summed E-state index contributed by atoms with van der Waals surface area (Å²) in [4.78, 5) is 4.57. The Balaban J connectivity index is 0.00000450. The minimum absolute atomic E-state index is 0. The van der Waals surface area contributed by atoms with Crippen molar-refractivity contribution >= 4 is 29.9 Å². The van der Waals surface area contributed by atoms with Gasteiger partial charge in [-0.1, -0.05) is 24.3 Å². The molecule has 2 N–H and O–H groups in total. The van der Waals surface area contributed by atoms with Gasteiger partial charge < -0.3 is 24.8 Å². The second-order valence-electron chi connectivity index (χ2n) is 6.15. The van der Waals surface area contributed by atoms with Gasteiger partial charge in [0.25, 0.3) is 0 Å². The fourth-order valence-corrected chi connectivity index (χ4v) is 2.71. The monoisotopic (exact) mass is 535 g/mol. The Morgan fingerprint density at radius 3 is 2.50 bits per heavy atom. The normalized spacial score (nSPS) is 11.1. The second-order valence-corrected chi connectivity index (χ2v) is 6.15. The molecule has 0 aliphatic carbocycles. The molecule has 6 nitrogen and oxygen atoms in total. The Bertz CT molecular complexity index is 807. The fraction of sp³-hybridized carbons (Fsp3) is 0.381. The highest BCUT2D eigenvalue weighted by Crippen LogP contribution is 2.25. The lowest BCUT2D eigenvalue weighted by Crippen LogP contribution is -2.36. The van der Waals surface area contributed by atoms with Crippen LogP contribution in [0, 0.1) is 0 Å². The SMILES string of the molecule is CCNC(=NCc1cccc(COC)c1)NCc1cc(OC)ccc1OC(F)F.I. The first-order valence-corrected chi connectivity index (χ1v) is 9.26. The van der Waals surface area contributed by atoms with E-state index in [4.69, 9.17) is 9.47 Å². The Labute approximate surface area is 193 Å². The molecule has 30 heavy (non-hydrogen) atoms. The van der Waals surface area contributed by atoms with Crippen molar-refractivity contribution in [3.63, 3.8) is 0 Å². The van der Waals surface area contributed by atoms with Crippen molar-refractivity contribution in [1.29, 1.82) is 0 Å². The summed E-state index contributed by atoms with van der Waals surface area (Å²) in [5, 5.41) is 6.29. The summed E-state index contributed by atoms with van der Waals surface area (Å²) >= 11 is 0. The van der Waals surface area contributed by atoms with Crippen LogP contribution in [-0.4, -0.2) is 33.3 Å². The first-order valence-electron chi connectivity index (χ1n) is 9.26. The number of ether oxygens (including phenoxy) is 3. The van der Waals surface area contributed by atoms with Gasteiger partial charge in [0.15, 0.2) is 5.96 Å².